The van der Waals surface area contributed by atoms with E-state index in [1.165, 1.54) is 18.2 Å². The molecule has 114 valence electrons. The van der Waals surface area contributed by atoms with E-state index in [4.69, 9.17) is 10.9 Å². The number of carbonyl (C=O) groups is 1. The molecule has 6 nitrogen and oxygen atoms in total. The molecule has 0 radical (unpaired) electrons. The number of hydrogen-bond acceptors (Lipinski definition) is 4. The number of halogens is 1. The molecule has 0 spiro atoms. The van der Waals surface area contributed by atoms with E-state index >= 15 is 0 Å². The van der Waals surface area contributed by atoms with E-state index in [1.807, 2.05) is 7.05 Å². The summed E-state index contributed by atoms with van der Waals surface area (Å²) >= 11 is 0. The van der Waals surface area contributed by atoms with Gasteiger partial charge in [0.15, 0.2) is 5.84 Å². The molecule has 0 unspecified atom stereocenters. The first-order valence-corrected chi connectivity index (χ1v) is 6.72. The third kappa shape index (κ3) is 3.13. The van der Waals surface area contributed by atoms with Crippen molar-refractivity contribution in [3.05, 3.63) is 35.6 Å². The fraction of sp³-hybridized carbons (Fsp3) is 0.429. The summed E-state index contributed by atoms with van der Waals surface area (Å²) in [4.78, 5) is 14.4. The van der Waals surface area contributed by atoms with Gasteiger partial charge in [-0.1, -0.05) is 17.3 Å². The number of benzene rings is 1. The van der Waals surface area contributed by atoms with Crippen LogP contribution in [0.1, 0.15) is 23.2 Å². The molecule has 21 heavy (non-hydrogen) atoms. The van der Waals surface area contributed by atoms with E-state index in [1.54, 1.807) is 6.07 Å². The minimum absolute atomic E-state index is 0.0541. The quantitative estimate of drug-likeness (QED) is 0.332. The van der Waals surface area contributed by atoms with Crippen LogP contribution in [-0.2, 0) is 0 Å². The van der Waals surface area contributed by atoms with Crippen LogP contribution in [0.3, 0.4) is 0 Å². The van der Waals surface area contributed by atoms with Crippen LogP contribution >= 0.6 is 0 Å². The number of hydrogen-bond donors (Lipinski definition) is 3. The Bertz CT molecular complexity index is 554. The van der Waals surface area contributed by atoms with Crippen molar-refractivity contribution < 1.29 is 14.4 Å². The van der Waals surface area contributed by atoms with Crippen LogP contribution in [0, 0.1) is 5.82 Å². The van der Waals surface area contributed by atoms with Gasteiger partial charge in [-0.15, -0.1) is 0 Å². The summed E-state index contributed by atoms with van der Waals surface area (Å²) in [5, 5.41) is 14.8. The third-order valence-electron chi connectivity index (χ3n) is 3.91. The predicted molar refractivity (Wildman–Crippen MR) is 76.7 cm³/mol. The second-order valence-corrected chi connectivity index (χ2v) is 5.30. The van der Waals surface area contributed by atoms with Gasteiger partial charge in [0.05, 0.1) is 5.56 Å². The number of piperidine rings is 1. The minimum Gasteiger partial charge on any atom is -0.409 e. The van der Waals surface area contributed by atoms with Crippen LogP contribution in [0.15, 0.2) is 29.4 Å². The molecule has 4 N–H and O–H groups in total. The SMILES string of the molecule is CN1CCC(NC(=O)c2ccccc2F)(/C(N)=N/O)CC1. The van der Waals surface area contributed by atoms with E-state index in [0.717, 1.165) is 0 Å². The topological polar surface area (TPSA) is 91.0 Å². The van der Waals surface area contributed by atoms with E-state index in [-0.39, 0.29) is 11.4 Å². The van der Waals surface area contributed by atoms with Crippen LogP contribution in [0.5, 0.6) is 0 Å². The maximum absolute atomic E-state index is 13.7. The van der Waals surface area contributed by atoms with Gasteiger partial charge < -0.3 is 21.2 Å². The van der Waals surface area contributed by atoms with Crippen molar-refractivity contribution in [3.63, 3.8) is 0 Å². The predicted octanol–water partition coefficient (Wildman–Crippen LogP) is 0.766. The highest BCUT2D eigenvalue weighted by Crippen LogP contribution is 2.23. The lowest BCUT2D eigenvalue weighted by Crippen LogP contribution is -2.62. The van der Waals surface area contributed by atoms with Crippen molar-refractivity contribution in [2.75, 3.05) is 20.1 Å². The first-order valence-electron chi connectivity index (χ1n) is 6.72. The lowest BCUT2D eigenvalue weighted by atomic mass is 9.86. The van der Waals surface area contributed by atoms with E-state index in [9.17, 15) is 9.18 Å². The molecular formula is C14H19FN4O2. The molecule has 2 rings (SSSR count). The maximum Gasteiger partial charge on any atom is 0.255 e. The summed E-state index contributed by atoms with van der Waals surface area (Å²) in [5.41, 5.74) is 4.77. The van der Waals surface area contributed by atoms with Crippen molar-refractivity contribution >= 4 is 11.7 Å². The van der Waals surface area contributed by atoms with E-state index in [0.29, 0.717) is 25.9 Å². The monoisotopic (exact) mass is 294 g/mol. The van der Waals surface area contributed by atoms with Crippen molar-refractivity contribution in [2.45, 2.75) is 18.4 Å². The fourth-order valence-corrected chi connectivity index (χ4v) is 2.47. The Morgan fingerprint density at radius 2 is 2.05 bits per heavy atom. The Labute approximate surface area is 122 Å². The molecule has 1 aromatic carbocycles. The Morgan fingerprint density at radius 3 is 2.62 bits per heavy atom. The first-order chi connectivity index (χ1) is 9.98. The van der Waals surface area contributed by atoms with E-state index < -0.39 is 17.3 Å². The van der Waals surface area contributed by atoms with Gasteiger partial charge in [0.25, 0.3) is 5.91 Å². The number of oxime groups is 1. The van der Waals surface area contributed by atoms with Crippen LogP contribution in [0.2, 0.25) is 0 Å². The zero-order chi connectivity index (χ0) is 15.5. The Morgan fingerprint density at radius 1 is 1.43 bits per heavy atom. The normalized spacial score (nSPS) is 19.2. The molecule has 1 aliphatic rings. The summed E-state index contributed by atoms with van der Waals surface area (Å²) in [6, 6.07) is 5.73. The summed E-state index contributed by atoms with van der Waals surface area (Å²) in [5.74, 6) is -1.22. The third-order valence-corrected chi connectivity index (χ3v) is 3.91. The van der Waals surface area contributed by atoms with Crippen molar-refractivity contribution in [2.24, 2.45) is 10.9 Å². The van der Waals surface area contributed by atoms with Gasteiger partial charge in [-0.05, 0) is 32.0 Å². The number of rotatable bonds is 3. The molecule has 0 aromatic heterocycles. The van der Waals surface area contributed by atoms with Gasteiger partial charge in [0, 0.05) is 13.1 Å². The van der Waals surface area contributed by atoms with Gasteiger partial charge in [-0.25, -0.2) is 4.39 Å². The first kappa shape index (κ1) is 15.2. The Kier molecular flexibility index (Phi) is 4.42. The summed E-state index contributed by atoms with van der Waals surface area (Å²) in [6.45, 7) is 1.38. The van der Waals surface area contributed by atoms with E-state index in [2.05, 4.69) is 15.4 Å². The maximum atomic E-state index is 13.7. The van der Waals surface area contributed by atoms with Crippen molar-refractivity contribution in [1.29, 1.82) is 0 Å². The van der Waals surface area contributed by atoms with Gasteiger partial charge >= 0.3 is 0 Å². The second-order valence-electron chi connectivity index (χ2n) is 5.30. The fourth-order valence-electron chi connectivity index (χ4n) is 2.47. The molecule has 0 saturated carbocycles. The van der Waals surface area contributed by atoms with Crippen LogP contribution < -0.4 is 11.1 Å². The average molecular weight is 294 g/mol. The Balaban J connectivity index is 2.24. The van der Waals surface area contributed by atoms with Gasteiger partial charge in [-0.3, -0.25) is 4.79 Å². The second kappa shape index (κ2) is 6.09. The van der Waals surface area contributed by atoms with Gasteiger partial charge in [0.1, 0.15) is 11.4 Å². The number of amides is 1. The standard InChI is InChI=1S/C14H19FN4O2/c1-19-8-6-14(7-9-19,13(16)18-21)17-12(20)10-4-2-3-5-11(10)15/h2-5,21H,6-9H2,1H3,(H2,16,18)(H,17,20). The minimum atomic E-state index is -0.944. The smallest absolute Gasteiger partial charge is 0.255 e. The Hall–Kier alpha value is -2.15. The molecule has 7 heteroatoms. The molecule has 0 bridgehead atoms. The highest BCUT2D eigenvalue weighted by molar-refractivity contribution is 6.00. The number of carbonyl (C=O) groups excluding carboxylic acids is 1. The lowest BCUT2D eigenvalue weighted by Gasteiger charge is -2.40. The number of nitrogens with one attached hydrogen (secondary N) is 1. The molecule has 0 aliphatic carbocycles. The highest BCUT2D eigenvalue weighted by Gasteiger charge is 2.40. The molecule has 1 saturated heterocycles. The summed E-state index contributed by atoms with van der Waals surface area (Å²) in [7, 11) is 1.95. The zero-order valence-electron chi connectivity index (χ0n) is 11.8. The molecule has 1 aromatic rings. The molecule has 1 amide bonds. The number of nitrogens with two attached hydrogens (primary N) is 1. The van der Waals surface area contributed by atoms with Crippen molar-refractivity contribution in [1.82, 2.24) is 10.2 Å². The molecule has 1 aliphatic heterocycles. The molecular weight excluding hydrogens is 275 g/mol. The molecule has 0 atom stereocenters. The van der Waals surface area contributed by atoms with Crippen molar-refractivity contribution in [3.8, 4) is 0 Å². The number of amidine groups is 1. The average Bonchev–Trinajstić information content (AvgIpc) is 2.49. The zero-order valence-corrected chi connectivity index (χ0v) is 11.8. The van der Waals surface area contributed by atoms with Crippen LogP contribution in [0.4, 0.5) is 4.39 Å². The van der Waals surface area contributed by atoms with Crippen LogP contribution in [0.25, 0.3) is 0 Å². The number of likely N-dealkylation sites (tertiary alicyclic amines) is 1. The summed E-state index contributed by atoms with van der Waals surface area (Å²) in [6.07, 6.45) is 0.999. The highest BCUT2D eigenvalue weighted by atomic mass is 19.1. The molecule has 1 fully saturated rings. The lowest BCUT2D eigenvalue weighted by molar-refractivity contribution is 0.0882. The summed E-state index contributed by atoms with van der Waals surface area (Å²) < 4.78 is 13.7. The van der Waals surface area contributed by atoms with Gasteiger partial charge in [-0.2, -0.15) is 0 Å². The largest absolute Gasteiger partial charge is 0.409 e. The van der Waals surface area contributed by atoms with Gasteiger partial charge in [0.2, 0.25) is 0 Å². The molecule has 1 heterocycles. The van der Waals surface area contributed by atoms with Crippen LogP contribution in [-0.4, -0.2) is 47.5 Å². The number of nitrogens with zero attached hydrogens (tertiary/aromatic N) is 2.